The molecule has 0 spiro atoms. The largest absolute Gasteiger partial charge is 0.593 e. The van der Waals surface area contributed by atoms with Crippen molar-refractivity contribution in [2.75, 3.05) is 39.3 Å². The molecule has 2 saturated carbocycles. The first-order valence-electron chi connectivity index (χ1n) is 31.9. The van der Waals surface area contributed by atoms with E-state index in [-0.39, 0.29) is 96.1 Å². The number of alkyl carbamates (subject to hydrolysis) is 1. The number of aromatic hydroxyl groups is 2. The molecule has 10 rings (SSSR count). The molecule has 25 nitrogen and oxygen atoms in total. The minimum Gasteiger partial charge on any atom is -0.593 e. The van der Waals surface area contributed by atoms with Gasteiger partial charge in [-0.05, 0) is 112 Å². The summed E-state index contributed by atoms with van der Waals surface area (Å²) in [5.41, 5.74) is -5.16. The molecule has 26 heteroatoms. The molecule has 3 amide bonds. The van der Waals surface area contributed by atoms with Crippen LogP contribution in [0.5, 0.6) is 11.5 Å². The third-order valence-electron chi connectivity index (χ3n) is 19.3. The number of Topliss-reactive ketones (excluding diaryl/α,β-unsaturated/α-hetero) is 1. The maximum absolute atomic E-state index is 15.3. The fraction of sp³-hybridized carbons (Fsp3) is 0.493. The number of amides is 3. The lowest BCUT2D eigenvalue weighted by Gasteiger charge is -2.64. The Morgan fingerprint density at radius 1 is 0.863 bits per heavy atom. The van der Waals surface area contributed by atoms with Crippen molar-refractivity contribution in [3.05, 3.63) is 131 Å². The number of hydrogen-bond donors (Lipinski definition) is 7. The number of ketones is 1. The van der Waals surface area contributed by atoms with Crippen molar-refractivity contribution < 1.29 is 87.3 Å². The topological polar surface area (TPSA) is 351 Å². The van der Waals surface area contributed by atoms with E-state index in [0.29, 0.717) is 22.7 Å². The third-order valence-corrected chi connectivity index (χ3v) is 20.8. The Morgan fingerprint density at radius 2 is 1.52 bits per heavy atom. The monoisotopic (exact) mass is 1330 g/mol. The molecule has 4 fully saturated rings. The van der Waals surface area contributed by atoms with E-state index in [1.54, 1.807) is 125 Å². The van der Waals surface area contributed by atoms with Crippen molar-refractivity contribution in [1.29, 1.82) is 0 Å². The Hall–Kier alpha value is -8.24. The molecule has 5 aromatic rings. The van der Waals surface area contributed by atoms with Crippen LogP contribution in [0.3, 0.4) is 0 Å². The van der Waals surface area contributed by atoms with Gasteiger partial charge in [-0.2, -0.15) is 0 Å². The number of ether oxygens (including phenoxy) is 5. The van der Waals surface area contributed by atoms with Gasteiger partial charge in [0.15, 0.2) is 16.5 Å². The first-order valence-corrected chi connectivity index (χ1v) is 33.0. The predicted octanol–water partition coefficient (Wildman–Crippen LogP) is 6.30. The standard InChI is InChI=1S/C69H83N7O18S/c1-11-70-62(84)61-73-72-60(44-32-43(37(2)3)46(77)33-47(44)78)76(61)41-22-24-42(25-23-41)95(89)75-30-28-74(29-31-75)51(80)26-27-52(81)92-57(55(39-18-14-12-15-19-39)71-65(87)94-66(5,6)7)64(86)91-49-35-69(88)59(93-63(85)40-20-16-13-17-21-40)54-45-36-90-48(45)34-50(79)68(54,10)58(83)56(82)53(38(49)4)67(69,8)9/h12-25,32-33,37,45,48-50,54-57,59,77-79,82,88H,11,26-31,34-36H2,1-10H3,(H,70,84)(H,71,87)/t45?,48-,49+,50+,54?,55+,56-,57-,59+,68-,69?,95?/m1/s1. The number of phenolic OH excluding ortho intramolecular Hbond substituents is 2. The normalized spacial score (nSPS) is 25.9. The zero-order valence-corrected chi connectivity index (χ0v) is 55.6. The smallest absolute Gasteiger partial charge is 0.408 e. The summed E-state index contributed by atoms with van der Waals surface area (Å²) in [5.74, 6) is -7.19. The maximum Gasteiger partial charge on any atom is 0.408 e. The van der Waals surface area contributed by atoms with Gasteiger partial charge >= 0.3 is 24.0 Å². The van der Waals surface area contributed by atoms with E-state index in [0.717, 1.165) is 0 Å². The van der Waals surface area contributed by atoms with E-state index >= 15 is 9.59 Å². The van der Waals surface area contributed by atoms with Crippen LogP contribution < -0.4 is 10.6 Å². The average molecular weight is 1330 g/mol. The second kappa shape index (κ2) is 27.5. The number of benzene rings is 4. The summed E-state index contributed by atoms with van der Waals surface area (Å²) in [5, 5.41) is 73.5. The highest BCUT2D eigenvalue weighted by Gasteiger charge is 2.72. The Labute approximate surface area is 553 Å². The lowest BCUT2D eigenvalue weighted by molar-refractivity contribution is -0.277. The summed E-state index contributed by atoms with van der Waals surface area (Å²) in [7, 11) is 0. The molecule has 3 aliphatic carbocycles. The number of nitrogens with one attached hydrogen (secondary N) is 2. The van der Waals surface area contributed by atoms with Crippen LogP contribution in [0.2, 0.25) is 0 Å². The van der Waals surface area contributed by atoms with E-state index < -0.39 is 149 Å². The van der Waals surface area contributed by atoms with Crippen LogP contribution in [0.4, 0.5) is 4.79 Å². The Balaban J connectivity index is 0.878. The van der Waals surface area contributed by atoms with Crippen LogP contribution in [-0.4, -0.2) is 183 Å². The van der Waals surface area contributed by atoms with Crippen molar-refractivity contribution in [2.24, 2.45) is 22.7 Å². The van der Waals surface area contributed by atoms with Gasteiger partial charge in [0.1, 0.15) is 47.1 Å². The highest BCUT2D eigenvalue weighted by Crippen LogP contribution is 2.62. The molecular weight excluding hydrogens is 1250 g/mol. The number of nitrogens with zero attached hydrogens (tertiary/aromatic N) is 5. The van der Waals surface area contributed by atoms with Gasteiger partial charge in [-0.15, -0.1) is 14.5 Å². The zero-order chi connectivity index (χ0) is 68.8. The highest BCUT2D eigenvalue weighted by atomic mass is 32.2. The molecule has 1 aromatic heterocycles. The Morgan fingerprint density at radius 3 is 2.13 bits per heavy atom. The summed E-state index contributed by atoms with van der Waals surface area (Å²) in [6.45, 7) is 17.5. The van der Waals surface area contributed by atoms with E-state index in [1.165, 1.54) is 41.5 Å². The number of piperazine rings is 1. The molecule has 12 atom stereocenters. The molecule has 508 valence electrons. The van der Waals surface area contributed by atoms with E-state index in [4.69, 9.17) is 23.7 Å². The van der Waals surface area contributed by atoms with Gasteiger partial charge in [0, 0.05) is 67.9 Å². The molecule has 7 N–H and O–H groups in total. The van der Waals surface area contributed by atoms with Gasteiger partial charge in [0.2, 0.25) is 17.8 Å². The average Bonchev–Trinajstić information content (AvgIpc) is 1.06. The number of fused-ring (bicyclic) bond motifs is 5. The number of carbonyl (C=O) groups is 7. The van der Waals surface area contributed by atoms with Crippen LogP contribution in [0.1, 0.15) is 139 Å². The third kappa shape index (κ3) is 13.5. The highest BCUT2D eigenvalue weighted by molar-refractivity contribution is 7.89. The number of aliphatic hydroxyl groups is 3. The van der Waals surface area contributed by atoms with Gasteiger partial charge in [0.25, 0.3) is 5.91 Å². The van der Waals surface area contributed by atoms with E-state index in [9.17, 15) is 54.1 Å². The fourth-order valence-corrected chi connectivity index (χ4v) is 15.2. The minimum absolute atomic E-state index is 0.0296. The number of esters is 3. The van der Waals surface area contributed by atoms with Gasteiger partial charge in [-0.3, -0.25) is 23.7 Å². The van der Waals surface area contributed by atoms with Crippen LogP contribution in [0.25, 0.3) is 17.1 Å². The summed E-state index contributed by atoms with van der Waals surface area (Å²) in [4.78, 5) is 102. The molecule has 95 heavy (non-hydrogen) atoms. The SMILES string of the molecule is CCNC(=O)c1nnc(-c2cc(C(C)C)c(O)cc2O)n1-c1ccc([S+]([O-])N2CCN(C(=O)CCC(=O)O[C@@H](C(=O)O[C@H]3CC4(O)[C@@H](OC(=O)c5ccccc5)C5C6CO[C@@H]6C[C@H](O)[C@@]5(C)C(=O)[C@H](O)C(=C3C)C4(C)C)[C@@H](NC(=O)OC(C)(C)C)c3ccccc3)CC2)cc1. The van der Waals surface area contributed by atoms with Crippen molar-refractivity contribution >= 4 is 53.0 Å². The fourth-order valence-electron chi connectivity index (χ4n) is 14.1. The summed E-state index contributed by atoms with van der Waals surface area (Å²) >= 11 is -1.74. The first kappa shape index (κ1) is 69.6. The molecule has 5 aliphatic rings. The number of aromatic nitrogens is 3. The van der Waals surface area contributed by atoms with Crippen molar-refractivity contribution in [3.8, 4) is 28.6 Å². The quantitative estimate of drug-likeness (QED) is 0.0219. The van der Waals surface area contributed by atoms with Crippen LogP contribution >= 0.6 is 0 Å². The van der Waals surface area contributed by atoms with Gasteiger partial charge < -0.3 is 69.3 Å². The lowest BCUT2D eigenvalue weighted by atomic mass is 9.46. The number of phenols is 2. The van der Waals surface area contributed by atoms with Crippen molar-refractivity contribution in [3.63, 3.8) is 0 Å². The Kier molecular flexibility index (Phi) is 20.1. The van der Waals surface area contributed by atoms with Crippen LogP contribution in [-0.2, 0) is 54.2 Å². The molecule has 0 radical (unpaired) electrons. The number of rotatable bonds is 18. The van der Waals surface area contributed by atoms with Crippen LogP contribution in [0.15, 0.2) is 113 Å². The number of hydrogen-bond acceptors (Lipinski definition) is 21. The van der Waals surface area contributed by atoms with Crippen LogP contribution in [0, 0.1) is 22.7 Å². The molecule has 2 bridgehead atoms. The second-order valence-corrected chi connectivity index (χ2v) is 28.4. The first-order chi connectivity index (χ1) is 44.9. The minimum atomic E-state index is -2.29. The molecule has 4 aromatic carbocycles. The molecule has 4 unspecified atom stereocenters. The number of aliphatic hydroxyl groups excluding tert-OH is 2. The van der Waals surface area contributed by atoms with Crippen molar-refractivity contribution in [1.82, 2.24) is 34.6 Å². The van der Waals surface area contributed by atoms with Gasteiger partial charge in [-0.1, -0.05) is 76.2 Å². The zero-order valence-electron chi connectivity index (χ0n) is 54.8. The lowest BCUT2D eigenvalue weighted by Crippen LogP contribution is -2.75. The molecule has 2 aliphatic heterocycles. The predicted molar refractivity (Wildman–Crippen MR) is 342 cm³/mol. The van der Waals surface area contributed by atoms with Crippen molar-refractivity contribution in [2.45, 2.75) is 160 Å². The van der Waals surface area contributed by atoms with E-state index in [1.807, 2.05) is 13.8 Å². The second-order valence-electron chi connectivity index (χ2n) is 27.0. The Bertz CT molecular complexity index is 3760. The van der Waals surface area contributed by atoms with Gasteiger partial charge in [-0.25, -0.2) is 14.4 Å². The number of carbonyl (C=O) groups excluding carboxylic acids is 7. The molecule has 2 saturated heterocycles. The van der Waals surface area contributed by atoms with Gasteiger partial charge in [0.05, 0.1) is 66.2 Å². The molecule has 3 heterocycles. The maximum atomic E-state index is 15.3. The summed E-state index contributed by atoms with van der Waals surface area (Å²) < 4.78 is 47.6. The van der Waals surface area contributed by atoms with E-state index in [2.05, 4.69) is 20.8 Å². The molecular formula is C69H83N7O18S. The summed E-state index contributed by atoms with van der Waals surface area (Å²) in [6, 6.07) is 23.8. The summed E-state index contributed by atoms with van der Waals surface area (Å²) in [6.07, 6.45) is -11.7.